The number of fused-ring (bicyclic) bond motifs is 1. The Kier molecular flexibility index (Phi) is 4.47. The van der Waals surface area contributed by atoms with Crippen LogP contribution in [0.15, 0.2) is 45.6 Å². The molecule has 2 heterocycles. The van der Waals surface area contributed by atoms with E-state index in [4.69, 9.17) is 13.9 Å². The molecule has 1 atom stereocenters. The maximum Gasteiger partial charge on any atom is 0.203 e. The van der Waals surface area contributed by atoms with E-state index in [9.17, 15) is 15.0 Å². The third kappa shape index (κ3) is 3.11. The molecule has 1 fully saturated rings. The van der Waals surface area contributed by atoms with Gasteiger partial charge in [0.2, 0.25) is 5.75 Å². The van der Waals surface area contributed by atoms with E-state index >= 15 is 0 Å². The van der Waals surface area contributed by atoms with Crippen molar-refractivity contribution < 1.29 is 24.1 Å². The number of phenols is 2. The second-order valence-electron chi connectivity index (χ2n) is 6.31. The van der Waals surface area contributed by atoms with Gasteiger partial charge in [-0.25, -0.2) is 0 Å². The molecule has 0 bridgehead atoms. The first kappa shape index (κ1) is 17.4. The average Bonchev–Trinajstić information content (AvgIpc) is 2.68. The third-order valence-electron chi connectivity index (χ3n) is 4.63. The van der Waals surface area contributed by atoms with Crippen LogP contribution >= 0.6 is 0 Å². The van der Waals surface area contributed by atoms with Crippen LogP contribution in [0.5, 0.6) is 17.2 Å². The molecule has 0 spiro atoms. The smallest absolute Gasteiger partial charge is 0.203 e. The predicted molar refractivity (Wildman–Crippen MR) is 99.4 cm³/mol. The highest BCUT2D eigenvalue weighted by atomic mass is 16.5. The monoisotopic (exact) mass is 369 g/mol. The van der Waals surface area contributed by atoms with E-state index < -0.39 is 11.2 Å². The summed E-state index contributed by atoms with van der Waals surface area (Å²) < 4.78 is 16.4. The highest BCUT2D eigenvalue weighted by Crippen LogP contribution is 2.41. The molecule has 27 heavy (non-hydrogen) atoms. The van der Waals surface area contributed by atoms with E-state index in [2.05, 4.69) is 5.32 Å². The van der Waals surface area contributed by atoms with Crippen molar-refractivity contribution in [1.82, 2.24) is 5.32 Å². The largest absolute Gasteiger partial charge is 0.504 e. The number of nitrogens with one attached hydrogen (secondary N) is 1. The number of benzene rings is 2. The molecule has 2 aromatic carbocycles. The van der Waals surface area contributed by atoms with Crippen LogP contribution in [0, 0.1) is 0 Å². The molecule has 0 aliphatic carbocycles. The molecular formula is C20H19NO6. The van der Waals surface area contributed by atoms with Crippen LogP contribution in [0.2, 0.25) is 0 Å². The molecule has 1 aliphatic rings. The molecular weight excluding hydrogens is 350 g/mol. The van der Waals surface area contributed by atoms with Gasteiger partial charge in [-0.3, -0.25) is 4.79 Å². The van der Waals surface area contributed by atoms with Gasteiger partial charge in [-0.15, -0.1) is 0 Å². The minimum absolute atomic E-state index is 0.00206. The molecule has 1 aliphatic heterocycles. The van der Waals surface area contributed by atoms with Crippen molar-refractivity contribution in [2.75, 3.05) is 26.8 Å². The van der Waals surface area contributed by atoms with Crippen molar-refractivity contribution in [2.24, 2.45) is 0 Å². The molecule has 7 nitrogen and oxygen atoms in total. The molecule has 0 saturated carbocycles. The first-order valence-electron chi connectivity index (χ1n) is 8.58. The molecule has 0 amide bonds. The van der Waals surface area contributed by atoms with Crippen molar-refractivity contribution in [3.05, 3.63) is 52.2 Å². The SMILES string of the molecule is COc1c(O)cc2oc(-c3ccc(C4CNCCO4)cc3)cc(=O)c2c1O. The fourth-order valence-corrected chi connectivity index (χ4v) is 3.26. The first-order valence-corrected chi connectivity index (χ1v) is 8.58. The van der Waals surface area contributed by atoms with Crippen LogP contribution in [-0.4, -0.2) is 37.0 Å². The Morgan fingerprint density at radius 3 is 2.63 bits per heavy atom. The van der Waals surface area contributed by atoms with Crippen molar-refractivity contribution in [3.8, 4) is 28.6 Å². The maximum absolute atomic E-state index is 12.5. The van der Waals surface area contributed by atoms with Crippen LogP contribution in [-0.2, 0) is 4.74 Å². The Hall–Kier alpha value is -3.03. The lowest BCUT2D eigenvalue weighted by molar-refractivity contribution is 0.0277. The van der Waals surface area contributed by atoms with Crippen molar-refractivity contribution in [1.29, 1.82) is 0 Å². The van der Waals surface area contributed by atoms with Crippen molar-refractivity contribution in [3.63, 3.8) is 0 Å². The van der Waals surface area contributed by atoms with Gasteiger partial charge < -0.3 is 29.4 Å². The summed E-state index contributed by atoms with van der Waals surface area (Å²) >= 11 is 0. The van der Waals surface area contributed by atoms with E-state index in [1.54, 1.807) is 0 Å². The van der Waals surface area contributed by atoms with E-state index in [1.165, 1.54) is 19.2 Å². The zero-order valence-corrected chi connectivity index (χ0v) is 14.7. The lowest BCUT2D eigenvalue weighted by Gasteiger charge is -2.24. The average molecular weight is 369 g/mol. The number of ether oxygens (including phenoxy) is 2. The second-order valence-corrected chi connectivity index (χ2v) is 6.31. The number of hydrogen-bond acceptors (Lipinski definition) is 7. The van der Waals surface area contributed by atoms with E-state index in [-0.39, 0.29) is 28.6 Å². The quantitative estimate of drug-likeness (QED) is 0.652. The second kappa shape index (κ2) is 6.94. The topological polar surface area (TPSA) is 101 Å². The number of aromatic hydroxyl groups is 2. The van der Waals surface area contributed by atoms with Gasteiger partial charge in [-0.1, -0.05) is 24.3 Å². The lowest BCUT2D eigenvalue weighted by atomic mass is 10.0. The fraction of sp³-hybridized carbons (Fsp3) is 0.250. The first-order chi connectivity index (χ1) is 13.1. The van der Waals surface area contributed by atoms with E-state index in [1.807, 2.05) is 24.3 Å². The van der Waals surface area contributed by atoms with Gasteiger partial charge in [0, 0.05) is 30.8 Å². The van der Waals surface area contributed by atoms with Gasteiger partial charge in [-0.05, 0) is 5.56 Å². The van der Waals surface area contributed by atoms with Crippen LogP contribution in [0.4, 0.5) is 0 Å². The van der Waals surface area contributed by atoms with Gasteiger partial charge in [0.15, 0.2) is 16.9 Å². The summed E-state index contributed by atoms with van der Waals surface area (Å²) in [6, 6.07) is 10.1. The Morgan fingerprint density at radius 2 is 1.96 bits per heavy atom. The minimum Gasteiger partial charge on any atom is -0.504 e. The lowest BCUT2D eigenvalue weighted by Crippen LogP contribution is -2.33. The number of rotatable bonds is 3. The summed E-state index contributed by atoms with van der Waals surface area (Å²) in [4.78, 5) is 12.5. The Labute approximate surface area is 154 Å². The van der Waals surface area contributed by atoms with E-state index in [0.29, 0.717) is 17.9 Å². The maximum atomic E-state index is 12.5. The molecule has 0 radical (unpaired) electrons. The Balaban J connectivity index is 1.74. The zero-order chi connectivity index (χ0) is 19.0. The predicted octanol–water partition coefficient (Wildman–Crippen LogP) is 2.54. The summed E-state index contributed by atoms with van der Waals surface area (Å²) in [5, 5.41) is 23.4. The number of hydrogen-bond donors (Lipinski definition) is 3. The molecule has 7 heteroatoms. The number of methoxy groups -OCH3 is 1. The van der Waals surface area contributed by atoms with Crippen LogP contribution in [0.3, 0.4) is 0 Å². The van der Waals surface area contributed by atoms with Gasteiger partial charge in [-0.2, -0.15) is 0 Å². The normalized spacial score (nSPS) is 17.1. The molecule has 1 saturated heterocycles. The fourth-order valence-electron chi connectivity index (χ4n) is 3.26. The van der Waals surface area contributed by atoms with Crippen LogP contribution in [0.1, 0.15) is 11.7 Å². The molecule has 4 rings (SSSR count). The summed E-state index contributed by atoms with van der Waals surface area (Å²) in [5.41, 5.74) is 1.40. The third-order valence-corrected chi connectivity index (χ3v) is 4.63. The summed E-state index contributed by atoms with van der Waals surface area (Å²) in [6.07, 6.45) is -0.00206. The van der Waals surface area contributed by atoms with Gasteiger partial charge in [0.05, 0.1) is 19.8 Å². The summed E-state index contributed by atoms with van der Waals surface area (Å²) in [7, 11) is 1.30. The molecule has 140 valence electrons. The zero-order valence-electron chi connectivity index (χ0n) is 14.7. The minimum atomic E-state index is -0.440. The van der Waals surface area contributed by atoms with Gasteiger partial charge >= 0.3 is 0 Å². The number of morpholine rings is 1. The summed E-state index contributed by atoms with van der Waals surface area (Å²) in [5.74, 6) is -0.566. The highest BCUT2D eigenvalue weighted by molar-refractivity contribution is 5.89. The Morgan fingerprint density at radius 1 is 1.19 bits per heavy atom. The van der Waals surface area contributed by atoms with Crippen LogP contribution < -0.4 is 15.5 Å². The Bertz CT molecular complexity index is 1040. The number of phenolic OH excluding ortho intramolecular Hbond substituents is 2. The highest BCUT2D eigenvalue weighted by Gasteiger charge is 2.19. The molecule has 3 aromatic rings. The standard InChI is InChI=1S/C20H19NO6/c1-25-20-14(23)9-16-18(19(20)24)13(22)8-15(27-16)11-2-4-12(5-3-11)17-10-21-6-7-26-17/h2-5,8-9,17,21,23-24H,6-7,10H2,1H3. The van der Waals surface area contributed by atoms with Crippen molar-refractivity contribution >= 4 is 11.0 Å². The molecule has 1 aromatic heterocycles. The van der Waals surface area contributed by atoms with Gasteiger partial charge in [0.25, 0.3) is 0 Å². The van der Waals surface area contributed by atoms with Gasteiger partial charge in [0.1, 0.15) is 16.7 Å². The summed E-state index contributed by atoms with van der Waals surface area (Å²) in [6.45, 7) is 2.27. The van der Waals surface area contributed by atoms with E-state index in [0.717, 1.165) is 18.7 Å². The molecule has 3 N–H and O–H groups in total. The van der Waals surface area contributed by atoms with Crippen LogP contribution in [0.25, 0.3) is 22.3 Å². The van der Waals surface area contributed by atoms with Crippen molar-refractivity contribution in [2.45, 2.75) is 6.10 Å². The molecule has 1 unspecified atom stereocenters.